The van der Waals surface area contributed by atoms with Gasteiger partial charge in [-0.05, 0) is 31.5 Å². The van der Waals surface area contributed by atoms with Crippen LogP contribution < -0.4 is 0 Å². The van der Waals surface area contributed by atoms with Gasteiger partial charge in [0.25, 0.3) is 0 Å². The molecule has 0 saturated carbocycles. The van der Waals surface area contributed by atoms with Crippen molar-refractivity contribution in [3.8, 4) is 0 Å². The van der Waals surface area contributed by atoms with E-state index in [4.69, 9.17) is 9.52 Å². The molecule has 1 aliphatic rings. The molecule has 0 amide bonds. The second-order valence-corrected chi connectivity index (χ2v) is 6.32. The molecule has 24 heavy (non-hydrogen) atoms. The molecule has 5 nitrogen and oxygen atoms in total. The maximum atomic E-state index is 12.7. The normalized spacial score (nSPS) is 18.2. The fourth-order valence-electron chi connectivity index (χ4n) is 3.16. The van der Waals surface area contributed by atoms with Crippen molar-refractivity contribution in [3.63, 3.8) is 0 Å². The first-order chi connectivity index (χ1) is 11.3. The van der Waals surface area contributed by atoms with Crippen LogP contribution in [0.1, 0.15) is 29.5 Å². The third kappa shape index (κ3) is 3.81. The molecule has 2 aromatic rings. The van der Waals surface area contributed by atoms with E-state index in [1.165, 1.54) is 0 Å². The van der Waals surface area contributed by atoms with E-state index in [-0.39, 0.29) is 12.5 Å². The summed E-state index contributed by atoms with van der Waals surface area (Å²) in [5, 5.41) is 9.00. The lowest BCUT2D eigenvalue weighted by atomic mass is 9.99. The fraction of sp³-hybridized carbons (Fsp3) is 0.562. The van der Waals surface area contributed by atoms with Gasteiger partial charge in [-0.25, -0.2) is 4.98 Å². The van der Waals surface area contributed by atoms with Crippen LogP contribution >= 0.6 is 0 Å². The minimum Gasteiger partial charge on any atom is -0.462 e. The van der Waals surface area contributed by atoms with Gasteiger partial charge >= 0.3 is 6.18 Å². The lowest BCUT2D eigenvalue weighted by Gasteiger charge is -2.27. The van der Waals surface area contributed by atoms with E-state index >= 15 is 0 Å². The smallest absolute Gasteiger partial charge is 0.434 e. The van der Waals surface area contributed by atoms with E-state index in [9.17, 15) is 13.2 Å². The van der Waals surface area contributed by atoms with Crippen LogP contribution in [0.25, 0.3) is 0 Å². The number of nitrogens with zero attached hydrogens (tertiary/aromatic N) is 3. The average Bonchev–Trinajstić information content (AvgIpc) is 3.12. The minimum absolute atomic E-state index is 0.128. The van der Waals surface area contributed by atoms with Crippen molar-refractivity contribution in [1.82, 2.24) is 14.5 Å². The molecule has 1 N–H and O–H groups in total. The van der Waals surface area contributed by atoms with Crippen molar-refractivity contribution >= 4 is 0 Å². The highest BCUT2D eigenvalue weighted by Gasteiger charge is 2.35. The van der Waals surface area contributed by atoms with Crippen LogP contribution in [0.4, 0.5) is 13.2 Å². The number of aromatic nitrogens is 2. The number of alkyl halides is 3. The van der Waals surface area contributed by atoms with Crippen molar-refractivity contribution in [1.29, 1.82) is 0 Å². The highest BCUT2D eigenvalue weighted by molar-refractivity contribution is 5.10. The average molecular weight is 343 g/mol. The molecule has 0 radical (unpaired) electrons. The Morgan fingerprint density at radius 2 is 2.12 bits per heavy atom. The number of imidazole rings is 1. The molecule has 132 valence electrons. The predicted molar refractivity (Wildman–Crippen MR) is 80.0 cm³/mol. The van der Waals surface area contributed by atoms with Gasteiger partial charge in [-0.1, -0.05) is 0 Å². The number of hydrogen-bond donors (Lipinski definition) is 1. The molecule has 1 atom stereocenters. The third-order valence-electron chi connectivity index (χ3n) is 4.25. The molecule has 3 rings (SSSR count). The van der Waals surface area contributed by atoms with E-state index in [0.29, 0.717) is 31.1 Å². The number of rotatable bonds is 5. The second kappa shape index (κ2) is 6.60. The van der Waals surface area contributed by atoms with Gasteiger partial charge in [-0.15, -0.1) is 0 Å². The molecule has 3 heterocycles. The highest BCUT2D eigenvalue weighted by Crippen LogP contribution is 2.30. The standard InChI is InChI=1S/C16H20F3N3O2/c1-21(8-12-3-4-13(10-23)24-12)6-11-2-5-15-20-14(16(17,18)19)9-22(15)7-11/h3-4,9,11,23H,2,5-8,10H2,1H3. The highest BCUT2D eigenvalue weighted by atomic mass is 19.4. The SMILES string of the molecule is CN(Cc1ccc(CO)o1)CC1CCc2nc(C(F)(F)F)cn2C1. The Morgan fingerprint density at radius 1 is 1.38 bits per heavy atom. The molecule has 1 aliphatic heterocycles. The minimum atomic E-state index is -4.39. The van der Waals surface area contributed by atoms with Crippen LogP contribution in [-0.4, -0.2) is 33.1 Å². The molecular weight excluding hydrogens is 323 g/mol. The Bertz CT molecular complexity index is 693. The summed E-state index contributed by atoms with van der Waals surface area (Å²) in [7, 11) is 1.95. The lowest BCUT2D eigenvalue weighted by Crippen LogP contribution is -2.31. The van der Waals surface area contributed by atoms with Gasteiger partial charge < -0.3 is 14.1 Å². The van der Waals surface area contributed by atoms with Crippen molar-refractivity contribution in [2.24, 2.45) is 5.92 Å². The van der Waals surface area contributed by atoms with Gasteiger partial charge in [0.2, 0.25) is 0 Å². The summed E-state index contributed by atoms with van der Waals surface area (Å²) in [6, 6.07) is 3.56. The van der Waals surface area contributed by atoms with Gasteiger partial charge in [0.05, 0.1) is 6.54 Å². The summed E-state index contributed by atoms with van der Waals surface area (Å²) in [4.78, 5) is 5.78. The van der Waals surface area contributed by atoms with E-state index < -0.39 is 11.9 Å². The second-order valence-electron chi connectivity index (χ2n) is 6.32. The molecule has 0 bridgehead atoms. The summed E-state index contributed by atoms with van der Waals surface area (Å²) in [6.45, 7) is 1.77. The molecule has 0 spiro atoms. The maximum absolute atomic E-state index is 12.7. The van der Waals surface area contributed by atoms with Crippen molar-refractivity contribution in [2.75, 3.05) is 13.6 Å². The van der Waals surface area contributed by atoms with E-state index in [2.05, 4.69) is 9.88 Å². The van der Waals surface area contributed by atoms with Gasteiger partial charge in [-0.3, -0.25) is 4.90 Å². The molecule has 0 aliphatic carbocycles. The van der Waals surface area contributed by atoms with Crippen molar-refractivity contribution < 1.29 is 22.7 Å². The largest absolute Gasteiger partial charge is 0.462 e. The van der Waals surface area contributed by atoms with Crippen LogP contribution in [0, 0.1) is 5.92 Å². The van der Waals surface area contributed by atoms with Crippen LogP contribution in [0.5, 0.6) is 0 Å². The summed E-state index contributed by atoms with van der Waals surface area (Å²) in [5.74, 6) is 2.07. The Balaban J connectivity index is 1.58. The van der Waals surface area contributed by atoms with Gasteiger partial charge in [-0.2, -0.15) is 13.2 Å². The predicted octanol–water partition coefficient (Wildman–Crippen LogP) is 2.68. The zero-order valence-corrected chi connectivity index (χ0v) is 13.4. The first-order valence-corrected chi connectivity index (χ1v) is 7.85. The number of aliphatic hydroxyl groups excluding tert-OH is 1. The van der Waals surface area contributed by atoms with Crippen LogP contribution in [0.3, 0.4) is 0 Å². The van der Waals surface area contributed by atoms with Crippen LogP contribution in [0.2, 0.25) is 0 Å². The zero-order valence-electron chi connectivity index (χ0n) is 13.4. The third-order valence-corrected chi connectivity index (χ3v) is 4.25. The number of aryl methyl sites for hydroxylation is 1. The van der Waals surface area contributed by atoms with Gasteiger partial charge in [0, 0.05) is 25.7 Å². The molecule has 8 heteroatoms. The molecule has 1 unspecified atom stereocenters. The van der Waals surface area contributed by atoms with Crippen molar-refractivity contribution in [2.45, 2.75) is 38.7 Å². The number of hydrogen-bond acceptors (Lipinski definition) is 4. The maximum Gasteiger partial charge on any atom is 0.434 e. The number of fused-ring (bicyclic) bond motifs is 1. The number of aliphatic hydroxyl groups is 1. The molecular formula is C16H20F3N3O2. The number of halogens is 3. The first kappa shape index (κ1) is 17.0. The Labute approximate surface area is 137 Å². The summed E-state index contributed by atoms with van der Waals surface area (Å²) >= 11 is 0. The first-order valence-electron chi connectivity index (χ1n) is 7.85. The van der Waals surface area contributed by atoms with Gasteiger partial charge in [0.15, 0.2) is 5.69 Å². The lowest BCUT2D eigenvalue weighted by molar-refractivity contribution is -0.141. The fourth-order valence-corrected chi connectivity index (χ4v) is 3.16. The van der Waals surface area contributed by atoms with Crippen molar-refractivity contribution in [3.05, 3.63) is 41.4 Å². The Kier molecular flexibility index (Phi) is 4.69. The Hall–Kier alpha value is -1.80. The summed E-state index contributed by atoms with van der Waals surface area (Å²) in [5.41, 5.74) is -0.807. The van der Waals surface area contributed by atoms with Crippen LogP contribution in [-0.2, 0) is 32.3 Å². The zero-order chi connectivity index (χ0) is 17.3. The topological polar surface area (TPSA) is 54.4 Å². The van der Waals surface area contributed by atoms with E-state index in [1.54, 1.807) is 10.6 Å². The van der Waals surface area contributed by atoms with E-state index in [0.717, 1.165) is 24.9 Å². The Morgan fingerprint density at radius 3 is 2.79 bits per heavy atom. The monoisotopic (exact) mass is 343 g/mol. The molecule has 2 aromatic heterocycles. The summed E-state index contributed by atoms with van der Waals surface area (Å²) < 4.78 is 45.3. The molecule has 0 saturated heterocycles. The summed E-state index contributed by atoms with van der Waals surface area (Å²) in [6.07, 6.45) is -1.90. The quantitative estimate of drug-likeness (QED) is 0.907. The van der Waals surface area contributed by atoms with Crippen LogP contribution in [0.15, 0.2) is 22.7 Å². The number of furan rings is 1. The molecule has 0 fully saturated rings. The van der Waals surface area contributed by atoms with E-state index in [1.807, 2.05) is 13.1 Å². The van der Waals surface area contributed by atoms with Gasteiger partial charge in [0.1, 0.15) is 24.0 Å². The molecule has 0 aromatic carbocycles.